The Morgan fingerprint density at radius 2 is 1.24 bits per heavy atom. The Labute approximate surface area is 227 Å². The van der Waals surface area contributed by atoms with Crippen LogP contribution in [0, 0.1) is 10.8 Å². The van der Waals surface area contributed by atoms with Gasteiger partial charge in [0.2, 0.25) is 0 Å². The van der Waals surface area contributed by atoms with Gasteiger partial charge in [0.25, 0.3) is 0 Å². The van der Waals surface area contributed by atoms with E-state index in [4.69, 9.17) is 0 Å². The van der Waals surface area contributed by atoms with E-state index in [0.29, 0.717) is 5.92 Å². The highest BCUT2D eigenvalue weighted by molar-refractivity contribution is 5.81. The third kappa shape index (κ3) is 4.47. The average molecular weight is 495 g/mol. The molecular weight excluding hydrogens is 444 g/mol. The van der Waals surface area contributed by atoms with E-state index in [9.17, 15) is 0 Å². The van der Waals surface area contributed by atoms with Crippen molar-refractivity contribution < 1.29 is 0 Å². The van der Waals surface area contributed by atoms with E-state index in [1.54, 1.807) is 22.3 Å². The predicted molar refractivity (Wildman–Crippen MR) is 161 cm³/mol. The Morgan fingerprint density at radius 1 is 0.730 bits per heavy atom. The zero-order chi connectivity index (χ0) is 26.8. The molecule has 2 aromatic rings. The van der Waals surface area contributed by atoms with Crippen molar-refractivity contribution in [2.24, 2.45) is 10.8 Å². The first-order chi connectivity index (χ1) is 17.3. The fraction of sp³-hybridized carbons (Fsp3) is 0.568. The van der Waals surface area contributed by atoms with Crippen molar-refractivity contribution in [1.29, 1.82) is 0 Å². The summed E-state index contributed by atoms with van der Waals surface area (Å²) in [7, 11) is 0. The summed E-state index contributed by atoms with van der Waals surface area (Å²) in [5.41, 5.74) is 13.1. The van der Waals surface area contributed by atoms with Crippen molar-refractivity contribution in [1.82, 2.24) is 0 Å². The first-order valence-electron chi connectivity index (χ1n) is 15.0. The maximum atomic E-state index is 2.65. The van der Waals surface area contributed by atoms with Gasteiger partial charge in [-0.25, -0.2) is 0 Å². The molecule has 0 aromatic heterocycles. The fourth-order valence-electron chi connectivity index (χ4n) is 7.30. The second-order valence-electron chi connectivity index (χ2n) is 15.0. The molecule has 0 bridgehead atoms. The summed E-state index contributed by atoms with van der Waals surface area (Å²) < 4.78 is 0. The van der Waals surface area contributed by atoms with E-state index >= 15 is 0 Å². The van der Waals surface area contributed by atoms with Gasteiger partial charge in [-0.1, -0.05) is 136 Å². The van der Waals surface area contributed by atoms with Gasteiger partial charge in [0.1, 0.15) is 0 Å². The van der Waals surface area contributed by atoms with Crippen LogP contribution in [0.15, 0.2) is 59.7 Å². The van der Waals surface area contributed by atoms with Crippen LogP contribution < -0.4 is 0 Å². The molecule has 0 amide bonds. The van der Waals surface area contributed by atoms with Crippen molar-refractivity contribution in [2.45, 2.75) is 124 Å². The lowest BCUT2D eigenvalue weighted by Crippen LogP contribution is -2.33. The second-order valence-corrected chi connectivity index (χ2v) is 15.0. The quantitative estimate of drug-likeness (QED) is 0.396. The van der Waals surface area contributed by atoms with Gasteiger partial charge in [-0.05, 0) is 80.9 Å². The minimum absolute atomic E-state index is 0.149. The van der Waals surface area contributed by atoms with E-state index in [0.717, 1.165) is 6.42 Å². The van der Waals surface area contributed by atoms with Gasteiger partial charge in [0.05, 0.1) is 0 Å². The molecule has 1 fully saturated rings. The largest absolute Gasteiger partial charge is 0.0767 e. The second kappa shape index (κ2) is 9.00. The molecule has 0 aliphatic heterocycles. The summed E-state index contributed by atoms with van der Waals surface area (Å²) in [5.74, 6) is 0.463. The Balaban J connectivity index is 1.72. The predicted octanol–water partition coefficient (Wildman–Crippen LogP) is 11.0. The molecule has 0 heteroatoms. The van der Waals surface area contributed by atoms with Gasteiger partial charge in [-0.15, -0.1) is 0 Å². The molecule has 0 heterocycles. The summed E-state index contributed by atoms with van der Waals surface area (Å²) in [6.07, 6.45) is 14.3. The van der Waals surface area contributed by atoms with Gasteiger partial charge >= 0.3 is 0 Å². The first-order valence-corrected chi connectivity index (χ1v) is 15.0. The van der Waals surface area contributed by atoms with Crippen LogP contribution in [0.25, 0.3) is 11.1 Å². The molecule has 37 heavy (non-hydrogen) atoms. The molecule has 0 saturated heterocycles. The van der Waals surface area contributed by atoms with Gasteiger partial charge in [0.15, 0.2) is 0 Å². The van der Waals surface area contributed by atoms with Crippen LogP contribution in [0.4, 0.5) is 0 Å². The molecule has 3 aliphatic carbocycles. The average Bonchev–Trinajstić information content (AvgIpc) is 3.47. The van der Waals surface area contributed by atoms with Crippen LogP contribution in [0.3, 0.4) is 0 Å². The summed E-state index contributed by atoms with van der Waals surface area (Å²) in [6, 6.07) is 15.0. The molecule has 5 rings (SSSR count). The molecule has 198 valence electrons. The van der Waals surface area contributed by atoms with E-state index in [1.807, 2.05) is 0 Å². The minimum atomic E-state index is 0.149. The molecular formula is C37H50. The van der Waals surface area contributed by atoms with Crippen molar-refractivity contribution in [3.05, 3.63) is 82.0 Å². The lowest BCUT2D eigenvalue weighted by Gasteiger charge is -2.45. The Morgan fingerprint density at radius 3 is 1.70 bits per heavy atom. The molecule has 0 atom stereocenters. The van der Waals surface area contributed by atoms with E-state index in [1.165, 1.54) is 60.8 Å². The fourth-order valence-corrected chi connectivity index (χ4v) is 7.30. The van der Waals surface area contributed by atoms with Crippen molar-refractivity contribution in [3.63, 3.8) is 0 Å². The number of hydrogen-bond acceptors (Lipinski definition) is 0. The highest BCUT2D eigenvalue weighted by Crippen LogP contribution is 2.63. The van der Waals surface area contributed by atoms with Crippen LogP contribution in [0.2, 0.25) is 0 Å². The molecule has 0 radical (unpaired) electrons. The number of benzene rings is 2. The highest BCUT2D eigenvalue weighted by atomic mass is 14.5. The standard InChI is InChI=1S/C37H50/c1-10-36(8,9)27-14-15-28(22-27)37(20-12-11-13-21-37)33-29-18-16-25(34(2,3)4)23-31(29)32-24-26(35(5,6)7)17-19-30(32)33/h14,16-19,22-24,33H,10-13,15,20-21H2,1-9H3. The zero-order valence-corrected chi connectivity index (χ0v) is 25.1. The molecule has 0 unspecified atom stereocenters. The molecule has 0 spiro atoms. The van der Waals surface area contributed by atoms with E-state index < -0.39 is 0 Å². The van der Waals surface area contributed by atoms with Crippen LogP contribution in [-0.4, -0.2) is 0 Å². The normalized spacial score (nSPS) is 19.9. The van der Waals surface area contributed by atoms with Crippen molar-refractivity contribution >= 4 is 0 Å². The van der Waals surface area contributed by atoms with Crippen LogP contribution in [0.5, 0.6) is 0 Å². The van der Waals surface area contributed by atoms with Gasteiger partial charge < -0.3 is 0 Å². The summed E-state index contributed by atoms with van der Waals surface area (Å²) in [6.45, 7) is 21.3. The number of fused-ring (bicyclic) bond motifs is 3. The molecule has 0 N–H and O–H groups in total. The Bertz CT molecular complexity index is 1180. The Hall–Kier alpha value is -2.08. The number of allylic oxidation sites excluding steroid dienone is 4. The monoisotopic (exact) mass is 494 g/mol. The van der Waals surface area contributed by atoms with Gasteiger partial charge in [-0.3, -0.25) is 0 Å². The zero-order valence-electron chi connectivity index (χ0n) is 25.1. The van der Waals surface area contributed by atoms with Crippen molar-refractivity contribution in [2.75, 3.05) is 0 Å². The van der Waals surface area contributed by atoms with Gasteiger partial charge in [0, 0.05) is 11.3 Å². The summed E-state index contributed by atoms with van der Waals surface area (Å²) in [4.78, 5) is 0. The lowest BCUT2D eigenvalue weighted by atomic mass is 9.58. The Kier molecular flexibility index (Phi) is 6.45. The maximum absolute atomic E-state index is 2.65. The van der Waals surface area contributed by atoms with Gasteiger partial charge in [-0.2, -0.15) is 0 Å². The van der Waals surface area contributed by atoms with Crippen LogP contribution >= 0.6 is 0 Å². The van der Waals surface area contributed by atoms with Crippen molar-refractivity contribution in [3.8, 4) is 11.1 Å². The van der Waals surface area contributed by atoms with E-state index in [-0.39, 0.29) is 21.7 Å². The third-order valence-corrected chi connectivity index (χ3v) is 10.2. The van der Waals surface area contributed by atoms with Crippen LogP contribution in [0.1, 0.15) is 135 Å². The molecule has 3 aliphatic rings. The number of rotatable bonds is 4. The topological polar surface area (TPSA) is 0 Å². The minimum Gasteiger partial charge on any atom is -0.0767 e. The summed E-state index contributed by atoms with van der Waals surface area (Å²) >= 11 is 0. The van der Waals surface area contributed by atoms with Crippen LogP contribution in [-0.2, 0) is 10.8 Å². The first kappa shape index (κ1) is 26.5. The highest BCUT2D eigenvalue weighted by Gasteiger charge is 2.49. The maximum Gasteiger partial charge on any atom is 0.0195 e. The SMILES string of the molecule is CCC(C)(C)C1=CCC(C2(C3c4ccc(C(C)(C)C)cc4-c4cc(C(C)(C)C)ccc43)CCCCC2)=C1. The summed E-state index contributed by atoms with van der Waals surface area (Å²) in [5, 5.41) is 0. The lowest BCUT2D eigenvalue weighted by molar-refractivity contribution is 0.209. The molecule has 0 nitrogen and oxygen atoms in total. The molecule has 2 aromatic carbocycles. The smallest absolute Gasteiger partial charge is 0.0195 e. The third-order valence-electron chi connectivity index (χ3n) is 10.2. The van der Waals surface area contributed by atoms with E-state index in [2.05, 4.69) is 111 Å². The molecule has 1 saturated carbocycles. The number of hydrogen-bond donors (Lipinski definition) is 0.